The summed E-state index contributed by atoms with van der Waals surface area (Å²) in [5, 5.41) is 6.57. The van der Waals surface area contributed by atoms with E-state index in [1.165, 1.54) is 42.6 Å². The second-order valence-electron chi connectivity index (χ2n) is 9.01. The molecule has 0 aromatic heterocycles. The van der Waals surface area contributed by atoms with Crippen LogP contribution in [0, 0.1) is 5.82 Å². The first kappa shape index (κ1) is 29.9. The molecule has 9 nitrogen and oxygen atoms in total. The summed E-state index contributed by atoms with van der Waals surface area (Å²) in [5.41, 5.74) is 4.67. The molecule has 216 valence electrons. The Bertz CT molecular complexity index is 1650. The van der Waals surface area contributed by atoms with E-state index in [1.807, 2.05) is 19.1 Å². The summed E-state index contributed by atoms with van der Waals surface area (Å²) in [7, 11) is -4.03. The number of aryl methyl sites for hydroxylation is 1. The van der Waals surface area contributed by atoms with Crippen LogP contribution in [0.25, 0.3) is 0 Å². The lowest BCUT2D eigenvalue weighted by Crippen LogP contribution is -2.40. The van der Waals surface area contributed by atoms with Crippen LogP contribution in [0.2, 0.25) is 0 Å². The van der Waals surface area contributed by atoms with Gasteiger partial charge in [0.15, 0.2) is 6.61 Å². The third-order valence-electron chi connectivity index (χ3n) is 6.04. The zero-order valence-corrected chi connectivity index (χ0v) is 23.6. The number of carbonyl (C=O) groups excluding carboxylic acids is 2. The van der Waals surface area contributed by atoms with E-state index in [0.717, 1.165) is 9.87 Å². The molecular formula is C31H29FN4O5S. The molecule has 2 N–H and O–H groups in total. The molecule has 0 unspecified atom stereocenters. The van der Waals surface area contributed by atoms with E-state index < -0.39 is 34.2 Å². The molecule has 0 saturated heterocycles. The van der Waals surface area contributed by atoms with Crippen molar-refractivity contribution in [3.8, 4) is 5.75 Å². The smallest absolute Gasteiger partial charge is 0.264 e. The summed E-state index contributed by atoms with van der Waals surface area (Å²) in [4.78, 5) is 25.0. The molecule has 0 atom stereocenters. The summed E-state index contributed by atoms with van der Waals surface area (Å²) in [6, 6.07) is 27.0. The molecule has 0 fully saturated rings. The molecule has 0 saturated carbocycles. The van der Waals surface area contributed by atoms with Crippen molar-refractivity contribution in [2.45, 2.75) is 18.2 Å². The number of carbonyl (C=O) groups is 2. The van der Waals surface area contributed by atoms with Gasteiger partial charge in [-0.15, -0.1) is 0 Å². The van der Waals surface area contributed by atoms with Crippen LogP contribution in [0.4, 0.5) is 15.8 Å². The Hall–Kier alpha value is -5.03. The number of sulfonamides is 1. The molecule has 11 heteroatoms. The summed E-state index contributed by atoms with van der Waals surface area (Å²) in [5.74, 6) is -0.992. The number of halogens is 1. The van der Waals surface area contributed by atoms with E-state index in [2.05, 4.69) is 15.8 Å². The Kier molecular flexibility index (Phi) is 10.0. The molecule has 0 aliphatic carbocycles. The minimum atomic E-state index is -4.03. The predicted octanol–water partition coefficient (Wildman–Crippen LogP) is 4.75. The fraction of sp³-hybridized carbons (Fsp3) is 0.129. The monoisotopic (exact) mass is 588 g/mol. The van der Waals surface area contributed by atoms with Gasteiger partial charge in [0.25, 0.3) is 21.8 Å². The normalized spacial score (nSPS) is 11.2. The van der Waals surface area contributed by atoms with Crippen LogP contribution in [-0.2, 0) is 26.0 Å². The minimum Gasteiger partial charge on any atom is -0.484 e. The standard InChI is InChI=1S/C31H29FN4O5S/c1-2-24-8-6-7-11-29(24)36(42(39,40)28-9-4-3-5-10-28)21-30(37)35-33-20-23-12-18-27(19-13-23)41-22-31(38)34-26-16-14-25(32)15-17-26/h3-20H,2,21-22H2,1H3,(H,34,38)(H,35,37)/b33-20-. The van der Waals surface area contributed by atoms with E-state index >= 15 is 0 Å². The Labute approximate surface area is 243 Å². The number of ether oxygens (including phenoxy) is 1. The lowest BCUT2D eigenvalue weighted by molar-refractivity contribution is -0.119. The Balaban J connectivity index is 1.36. The van der Waals surface area contributed by atoms with Crippen molar-refractivity contribution in [3.05, 3.63) is 120 Å². The van der Waals surface area contributed by atoms with Gasteiger partial charge in [0.2, 0.25) is 0 Å². The zero-order chi connectivity index (χ0) is 30.0. The van der Waals surface area contributed by atoms with Crippen LogP contribution in [0.1, 0.15) is 18.1 Å². The Morgan fingerprint density at radius 3 is 2.24 bits per heavy atom. The van der Waals surface area contributed by atoms with Crippen LogP contribution in [0.15, 0.2) is 113 Å². The maximum absolute atomic E-state index is 13.5. The summed E-state index contributed by atoms with van der Waals surface area (Å²) >= 11 is 0. The van der Waals surface area contributed by atoms with Gasteiger partial charge in [0.1, 0.15) is 18.1 Å². The lowest BCUT2D eigenvalue weighted by atomic mass is 10.1. The largest absolute Gasteiger partial charge is 0.484 e. The highest BCUT2D eigenvalue weighted by atomic mass is 32.2. The zero-order valence-electron chi connectivity index (χ0n) is 22.7. The van der Waals surface area contributed by atoms with Crippen LogP contribution in [0.3, 0.4) is 0 Å². The molecule has 0 heterocycles. The lowest BCUT2D eigenvalue weighted by Gasteiger charge is -2.25. The number of anilines is 2. The van der Waals surface area contributed by atoms with Crippen molar-refractivity contribution < 1.29 is 27.1 Å². The fourth-order valence-electron chi connectivity index (χ4n) is 3.95. The van der Waals surface area contributed by atoms with Crippen molar-refractivity contribution in [1.29, 1.82) is 0 Å². The number of para-hydroxylation sites is 1. The van der Waals surface area contributed by atoms with E-state index in [9.17, 15) is 22.4 Å². The van der Waals surface area contributed by atoms with Crippen molar-refractivity contribution in [1.82, 2.24) is 5.43 Å². The van der Waals surface area contributed by atoms with Crippen LogP contribution in [-0.4, -0.2) is 39.6 Å². The average molecular weight is 589 g/mol. The number of hydrogen-bond donors (Lipinski definition) is 2. The fourth-order valence-corrected chi connectivity index (χ4v) is 5.43. The second kappa shape index (κ2) is 14.0. The maximum atomic E-state index is 13.5. The van der Waals surface area contributed by atoms with E-state index in [4.69, 9.17) is 4.74 Å². The third kappa shape index (κ3) is 8.01. The van der Waals surface area contributed by atoms with Gasteiger partial charge in [0, 0.05) is 5.69 Å². The SMILES string of the molecule is CCc1ccccc1N(CC(=O)N/N=C\c1ccc(OCC(=O)Nc2ccc(F)cc2)cc1)S(=O)(=O)c1ccccc1. The highest BCUT2D eigenvalue weighted by Crippen LogP contribution is 2.27. The molecule has 42 heavy (non-hydrogen) atoms. The molecule has 4 aromatic carbocycles. The summed E-state index contributed by atoms with van der Waals surface area (Å²) < 4.78 is 46.6. The van der Waals surface area contributed by atoms with Gasteiger partial charge >= 0.3 is 0 Å². The van der Waals surface area contributed by atoms with Gasteiger partial charge in [-0.05, 0) is 84.3 Å². The van der Waals surface area contributed by atoms with Crippen molar-refractivity contribution in [2.24, 2.45) is 5.10 Å². The number of benzene rings is 4. The molecule has 4 aromatic rings. The predicted molar refractivity (Wildman–Crippen MR) is 159 cm³/mol. The van der Waals surface area contributed by atoms with Crippen LogP contribution < -0.4 is 19.8 Å². The number of nitrogens with zero attached hydrogens (tertiary/aromatic N) is 2. The van der Waals surface area contributed by atoms with Crippen LogP contribution in [0.5, 0.6) is 5.75 Å². The van der Waals surface area contributed by atoms with Gasteiger partial charge in [-0.3, -0.25) is 13.9 Å². The first-order valence-corrected chi connectivity index (χ1v) is 14.5. The number of hydrogen-bond acceptors (Lipinski definition) is 6. The van der Waals surface area contributed by atoms with E-state index in [1.54, 1.807) is 54.6 Å². The minimum absolute atomic E-state index is 0.0717. The van der Waals surface area contributed by atoms with Crippen molar-refractivity contribution >= 4 is 39.4 Å². The summed E-state index contributed by atoms with van der Waals surface area (Å²) in [6.07, 6.45) is 1.98. The van der Waals surface area contributed by atoms with Gasteiger partial charge in [-0.2, -0.15) is 5.10 Å². The topological polar surface area (TPSA) is 117 Å². The quantitative estimate of drug-likeness (QED) is 0.183. The van der Waals surface area contributed by atoms with Crippen LogP contribution >= 0.6 is 0 Å². The molecular weight excluding hydrogens is 559 g/mol. The van der Waals surface area contributed by atoms with Gasteiger partial charge in [-0.1, -0.05) is 43.3 Å². The van der Waals surface area contributed by atoms with Gasteiger partial charge in [0.05, 0.1) is 16.8 Å². The van der Waals surface area contributed by atoms with Gasteiger partial charge in [-0.25, -0.2) is 18.2 Å². The number of hydrazone groups is 1. The Morgan fingerprint density at radius 2 is 1.55 bits per heavy atom. The van der Waals surface area contributed by atoms with Gasteiger partial charge < -0.3 is 10.1 Å². The molecule has 0 aliphatic rings. The highest BCUT2D eigenvalue weighted by Gasteiger charge is 2.28. The van der Waals surface area contributed by atoms with Crippen molar-refractivity contribution in [2.75, 3.05) is 22.8 Å². The van der Waals surface area contributed by atoms with Crippen molar-refractivity contribution in [3.63, 3.8) is 0 Å². The van der Waals surface area contributed by atoms with E-state index in [0.29, 0.717) is 29.1 Å². The first-order valence-electron chi connectivity index (χ1n) is 13.0. The molecule has 0 aliphatic heterocycles. The number of amides is 2. The number of rotatable bonds is 12. The maximum Gasteiger partial charge on any atom is 0.264 e. The first-order chi connectivity index (χ1) is 20.3. The molecule has 0 radical (unpaired) electrons. The molecule has 0 bridgehead atoms. The Morgan fingerprint density at radius 1 is 0.881 bits per heavy atom. The second-order valence-corrected chi connectivity index (χ2v) is 10.9. The van der Waals surface area contributed by atoms with E-state index in [-0.39, 0.29) is 11.5 Å². The summed E-state index contributed by atoms with van der Waals surface area (Å²) in [6.45, 7) is 1.19. The average Bonchev–Trinajstić information content (AvgIpc) is 3.01. The molecule has 4 rings (SSSR count). The third-order valence-corrected chi connectivity index (χ3v) is 7.81. The molecule has 0 spiro atoms. The number of nitrogens with one attached hydrogen (secondary N) is 2. The molecule has 2 amide bonds. The highest BCUT2D eigenvalue weighted by molar-refractivity contribution is 7.92.